The Kier molecular flexibility index (Phi) is 8.71. The first-order valence-corrected chi connectivity index (χ1v) is 7.09. The second-order valence-corrected chi connectivity index (χ2v) is 5.20. The summed E-state index contributed by atoms with van der Waals surface area (Å²) in [6, 6.07) is 0. The topological polar surface area (TPSA) is 233 Å². The van der Waals surface area contributed by atoms with E-state index in [2.05, 4.69) is 18.9 Å². The van der Waals surface area contributed by atoms with Crippen LogP contribution >= 0.6 is 0 Å². The summed E-state index contributed by atoms with van der Waals surface area (Å²) in [5.41, 5.74) is 0. The van der Waals surface area contributed by atoms with E-state index < -0.39 is 61.8 Å². The first-order chi connectivity index (χ1) is 12.1. The predicted octanol–water partition coefficient (Wildman–Crippen LogP) is -6.17. The van der Waals surface area contributed by atoms with Crippen LogP contribution < -0.4 is 0 Å². The summed E-state index contributed by atoms with van der Waals surface area (Å²) < 4.78 is 17.3. The molecule has 2 fully saturated rings. The lowest BCUT2D eigenvalue weighted by atomic mass is 10.0. The molecular formula is C12H20O14. The van der Waals surface area contributed by atoms with E-state index in [1.165, 1.54) is 0 Å². The number of aliphatic hydroxyl groups excluding tert-OH is 8. The molecule has 26 heavy (non-hydrogen) atoms. The molecule has 14 heteroatoms. The summed E-state index contributed by atoms with van der Waals surface area (Å²) >= 11 is 0. The molecule has 0 aliphatic carbocycles. The molecular weight excluding hydrogens is 368 g/mol. The van der Waals surface area contributed by atoms with Crippen LogP contribution in [0.4, 0.5) is 0 Å². The van der Waals surface area contributed by atoms with Crippen molar-refractivity contribution >= 4 is 12.9 Å². The van der Waals surface area contributed by atoms with Crippen LogP contribution in [0.2, 0.25) is 0 Å². The summed E-state index contributed by atoms with van der Waals surface area (Å²) in [7, 11) is 0. The summed E-state index contributed by atoms with van der Waals surface area (Å²) in [6.07, 6.45) is -16.0. The fourth-order valence-corrected chi connectivity index (χ4v) is 1.99. The van der Waals surface area contributed by atoms with E-state index in [0.29, 0.717) is 0 Å². The lowest BCUT2D eigenvalue weighted by Crippen LogP contribution is -2.58. The zero-order valence-corrected chi connectivity index (χ0v) is 13.0. The molecule has 10 atom stereocenters. The Morgan fingerprint density at radius 3 is 1.12 bits per heavy atom. The van der Waals surface area contributed by atoms with Crippen molar-refractivity contribution in [1.82, 2.24) is 0 Å². The van der Waals surface area contributed by atoms with E-state index in [-0.39, 0.29) is 12.9 Å². The van der Waals surface area contributed by atoms with Crippen LogP contribution in [0.15, 0.2) is 0 Å². The van der Waals surface area contributed by atoms with Gasteiger partial charge in [0.25, 0.3) is 12.9 Å². The molecule has 0 aromatic rings. The second-order valence-electron chi connectivity index (χ2n) is 5.20. The minimum absolute atomic E-state index is 0.00499. The van der Waals surface area contributed by atoms with Crippen molar-refractivity contribution in [2.75, 3.05) is 0 Å². The summed E-state index contributed by atoms with van der Waals surface area (Å²) in [5, 5.41) is 72.2. The molecule has 0 spiro atoms. The Morgan fingerprint density at radius 2 is 0.846 bits per heavy atom. The van der Waals surface area contributed by atoms with Gasteiger partial charge in [0.15, 0.2) is 12.6 Å². The third kappa shape index (κ3) is 5.27. The molecule has 2 heterocycles. The Morgan fingerprint density at radius 1 is 0.538 bits per heavy atom. The average Bonchev–Trinajstić information content (AvgIpc) is 2.61. The molecule has 2 rings (SSSR count). The van der Waals surface area contributed by atoms with Crippen LogP contribution in [0, 0.1) is 0 Å². The highest BCUT2D eigenvalue weighted by molar-refractivity contribution is 5.37. The molecule has 152 valence electrons. The first kappa shape index (κ1) is 22.6. The van der Waals surface area contributed by atoms with Gasteiger partial charge in [-0.2, -0.15) is 0 Å². The highest BCUT2D eigenvalue weighted by Gasteiger charge is 2.45. The van der Waals surface area contributed by atoms with Crippen molar-refractivity contribution in [2.45, 2.75) is 61.8 Å². The number of aliphatic hydroxyl groups is 8. The van der Waals surface area contributed by atoms with Crippen LogP contribution in [-0.4, -0.2) is 116 Å². The van der Waals surface area contributed by atoms with Gasteiger partial charge in [0, 0.05) is 0 Å². The lowest BCUT2D eigenvalue weighted by Gasteiger charge is -2.36. The van der Waals surface area contributed by atoms with E-state index in [4.69, 9.17) is 40.9 Å². The maximum absolute atomic E-state index is 9.87. The molecule has 0 aromatic carbocycles. The molecule has 2 aliphatic heterocycles. The monoisotopic (exact) mass is 388 g/mol. The van der Waals surface area contributed by atoms with Crippen molar-refractivity contribution < 1.29 is 69.4 Å². The summed E-state index contributed by atoms with van der Waals surface area (Å²) in [4.78, 5) is 19.7. The van der Waals surface area contributed by atoms with Crippen LogP contribution in [-0.2, 0) is 28.5 Å². The predicted molar refractivity (Wildman–Crippen MR) is 72.1 cm³/mol. The Bertz CT molecular complexity index is 408. The number of hydrogen-bond donors (Lipinski definition) is 8. The third-order valence-electron chi connectivity index (χ3n) is 3.47. The molecule has 2 aliphatic rings. The summed E-state index contributed by atoms with van der Waals surface area (Å²) in [6.45, 7) is 0.00998. The van der Waals surface area contributed by atoms with Gasteiger partial charge in [-0.1, -0.05) is 0 Å². The van der Waals surface area contributed by atoms with E-state index >= 15 is 0 Å². The van der Waals surface area contributed by atoms with Crippen LogP contribution in [0.5, 0.6) is 0 Å². The van der Waals surface area contributed by atoms with Gasteiger partial charge in [-0.3, -0.25) is 9.59 Å². The second kappa shape index (κ2) is 10.0. The van der Waals surface area contributed by atoms with E-state index in [1.54, 1.807) is 0 Å². The molecule has 0 saturated carbocycles. The van der Waals surface area contributed by atoms with Crippen LogP contribution in [0.1, 0.15) is 0 Å². The van der Waals surface area contributed by atoms with Gasteiger partial charge in [0.2, 0.25) is 12.6 Å². The average molecular weight is 388 g/mol. The van der Waals surface area contributed by atoms with Crippen LogP contribution in [0.25, 0.3) is 0 Å². The van der Waals surface area contributed by atoms with E-state index in [0.717, 1.165) is 0 Å². The minimum Gasteiger partial charge on any atom is -0.435 e. The minimum atomic E-state index is -1.69. The quantitative estimate of drug-likeness (QED) is 0.209. The zero-order chi connectivity index (χ0) is 20.0. The van der Waals surface area contributed by atoms with Crippen molar-refractivity contribution in [2.24, 2.45) is 0 Å². The number of rotatable bonds is 4. The van der Waals surface area contributed by atoms with Crippen LogP contribution in [0.3, 0.4) is 0 Å². The largest absolute Gasteiger partial charge is 0.435 e. The van der Waals surface area contributed by atoms with Crippen molar-refractivity contribution in [3.63, 3.8) is 0 Å². The number of carbonyl (C=O) groups is 2. The van der Waals surface area contributed by atoms with Gasteiger partial charge in [0.1, 0.15) is 36.6 Å². The molecule has 5 unspecified atom stereocenters. The molecule has 8 N–H and O–H groups in total. The van der Waals surface area contributed by atoms with Gasteiger partial charge >= 0.3 is 0 Å². The highest BCUT2D eigenvalue weighted by Crippen LogP contribution is 2.20. The maximum Gasteiger partial charge on any atom is 0.295 e. The van der Waals surface area contributed by atoms with Crippen molar-refractivity contribution in [1.29, 1.82) is 0 Å². The van der Waals surface area contributed by atoms with Gasteiger partial charge < -0.3 is 59.8 Å². The summed E-state index contributed by atoms with van der Waals surface area (Å²) in [5.74, 6) is 0. The Labute approximate surface area is 145 Å². The standard InChI is InChI=1S/2C6H10O7/c2*7-1-12-6-4(10)2(8)3(9)5(11)13-6/h2*1-6,8-11H/t2?,3?,4-,5+,6?;2?,3-,4-,5+,6?/m00/s1. The highest BCUT2D eigenvalue weighted by atomic mass is 16.8. The van der Waals surface area contributed by atoms with Crippen molar-refractivity contribution in [3.8, 4) is 0 Å². The van der Waals surface area contributed by atoms with E-state index in [9.17, 15) is 9.59 Å². The smallest absolute Gasteiger partial charge is 0.295 e. The van der Waals surface area contributed by atoms with Gasteiger partial charge in [0.05, 0.1) is 0 Å². The molecule has 2 saturated heterocycles. The van der Waals surface area contributed by atoms with Gasteiger partial charge in [-0.05, 0) is 0 Å². The van der Waals surface area contributed by atoms with Crippen molar-refractivity contribution in [3.05, 3.63) is 0 Å². The number of ether oxygens (including phenoxy) is 4. The number of carbonyl (C=O) groups excluding carboxylic acids is 2. The van der Waals surface area contributed by atoms with Gasteiger partial charge in [-0.25, -0.2) is 0 Å². The fraction of sp³-hybridized carbons (Fsp3) is 0.833. The normalized spacial score (nSPS) is 45.7. The molecule has 0 amide bonds. The first-order valence-electron chi connectivity index (χ1n) is 7.09. The molecule has 0 bridgehead atoms. The van der Waals surface area contributed by atoms with Gasteiger partial charge in [-0.15, -0.1) is 0 Å². The molecule has 0 aromatic heterocycles. The maximum atomic E-state index is 9.87. The SMILES string of the molecule is O=COC1O[C@@H](O)C(O)C(O)[C@@H]1O.O=COC1O[C@@H](O)[C@@H](O)C(O)[C@@H]1O. The Hall–Kier alpha value is -1.46. The van der Waals surface area contributed by atoms with E-state index in [1.807, 2.05) is 0 Å². The Balaban J connectivity index is 0.000000260. The molecule has 0 radical (unpaired) electrons. The lowest BCUT2D eigenvalue weighted by molar-refractivity contribution is -0.329. The molecule has 14 nitrogen and oxygen atoms in total. The fourth-order valence-electron chi connectivity index (χ4n) is 1.99. The zero-order valence-electron chi connectivity index (χ0n) is 13.0. The third-order valence-corrected chi connectivity index (χ3v) is 3.47. The number of hydrogen-bond acceptors (Lipinski definition) is 14.